The number of aromatic hydroxyl groups is 1. The highest BCUT2D eigenvalue weighted by Gasteiger charge is 2.45. The summed E-state index contributed by atoms with van der Waals surface area (Å²) in [5.41, 5.74) is 5.87. The Hall–Kier alpha value is -3.07. The van der Waals surface area contributed by atoms with E-state index in [1.165, 1.54) is 6.07 Å². The first-order chi connectivity index (χ1) is 14.4. The average molecular weight is 413 g/mol. The van der Waals surface area contributed by atoms with Crippen LogP contribution in [0.5, 0.6) is 11.5 Å². The molecule has 6 N–H and O–H groups in total. The number of aliphatic hydroxyl groups excluding tert-OH is 3. The summed E-state index contributed by atoms with van der Waals surface area (Å²) in [6, 6.07) is 9.85. The molecule has 1 aromatic heterocycles. The Morgan fingerprint density at radius 1 is 1.17 bits per heavy atom. The van der Waals surface area contributed by atoms with Gasteiger partial charge >= 0.3 is 0 Å². The second-order valence-electron chi connectivity index (χ2n) is 7.60. The van der Waals surface area contributed by atoms with Gasteiger partial charge in [0.2, 0.25) is 0 Å². The first-order valence-corrected chi connectivity index (χ1v) is 9.61. The summed E-state index contributed by atoms with van der Waals surface area (Å²) in [7, 11) is 0. The highest BCUT2D eigenvalue weighted by Crippen LogP contribution is 2.43. The van der Waals surface area contributed by atoms with Gasteiger partial charge in [-0.15, -0.1) is 0 Å². The zero-order valence-electron chi connectivity index (χ0n) is 16.2. The molecule has 0 amide bonds. The van der Waals surface area contributed by atoms with Gasteiger partial charge in [-0.05, 0) is 30.5 Å². The third-order valence-corrected chi connectivity index (χ3v) is 5.67. The first kappa shape index (κ1) is 20.2. The van der Waals surface area contributed by atoms with Crippen molar-refractivity contribution in [3.8, 4) is 11.5 Å². The minimum atomic E-state index is -1.29. The quantitative estimate of drug-likeness (QED) is 0.393. The number of hydrogen-bond donors (Lipinski definition) is 5. The Bertz CT molecular complexity index is 1140. The normalized spacial score (nSPS) is 20.7. The van der Waals surface area contributed by atoms with Crippen LogP contribution in [0.1, 0.15) is 23.3 Å². The van der Waals surface area contributed by atoms with Crippen LogP contribution in [-0.2, 0) is 19.4 Å². The highest BCUT2D eigenvalue weighted by atomic mass is 16.5. The van der Waals surface area contributed by atoms with Gasteiger partial charge in [-0.2, -0.15) is 0 Å². The summed E-state index contributed by atoms with van der Waals surface area (Å²) >= 11 is 0. The Balaban J connectivity index is 1.72. The van der Waals surface area contributed by atoms with E-state index in [-0.39, 0.29) is 40.2 Å². The maximum Gasteiger partial charge on any atom is 0.196 e. The summed E-state index contributed by atoms with van der Waals surface area (Å²) < 4.78 is 11.5. The smallest absolute Gasteiger partial charge is 0.196 e. The zero-order chi connectivity index (χ0) is 21.5. The Kier molecular flexibility index (Phi) is 5.15. The number of nitrogen functional groups attached to an aromatic ring is 1. The Labute approximate surface area is 171 Å². The lowest BCUT2D eigenvalue weighted by Crippen LogP contribution is -2.54. The predicted molar refractivity (Wildman–Crippen MR) is 109 cm³/mol. The van der Waals surface area contributed by atoms with Crippen LogP contribution >= 0.6 is 0 Å². The largest absolute Gasteiger partial charge is 0.507 e. The van der Waals surface area contributed by atoms with E-state index in [0.717, 1.165) is 11.6 Å². The molecule has 4 rings (SSSR count). The number of rotatable bonds is 5. The third kappa shape index (κ3) is 3.39. The van der Waals surface area contributed by atoms with Gasteiger partial charge in [0.1, 0.15) is 40.9 Å². The number of aryl methyl sites for hydroxylation is 1. The van der Waals surface area contributed by atoms with E-state index in [4.69, 9.17) is 14.9 Å². The summed E-state index contributed by atoms with van der Waals surface area (Å²) in [6.45, 7) is -0.910. The van der Waals surface area contributed by atoms with Gasteiger partial charge in [-0.3, -0.25) is 4.79 Å². The van der Waals surface area contributed by atoms with Crippen LogP contribution < -0.4 is 15.9 Å². The molecule has 2 heterocycles. The third-order valence-electron chi connectivity index (χ3n) is 5.67. The fourth-order valence-electron chi connectivity index (χ4n) is 3.88. The second kappa shape index (κ2) is 7.64. The molecule has 0 saturated heterocycles. The summed E-state index contributed by atoms with van der Waals surface area (Å²) in [4.78, 5) is 12.3. The van der Waals surface area contributed by atoms with E-state index >= 15 is 0 Å². The van der Waals surface area contributed by atoms with Crippen LogP contribution in [0.2, 0.25) is 0 Å². The number of anilines is 1. The maximum absolute atomic E-state index is 12.3. The lowest BCUT2D eigenvalue weighted by molar-refractivity contribution is -0.101. The zero-order valence-corrected chi connectivity index (χ0v) is 16.2. The van der Waals surface area contributed by atoms with Crippen LogP contribution in [-0.4, -0.2) is 38.7 Å². The molecule has 1 aliphatic heterocycles. The molecular formula is C22H23NO7. The van der Waals surface area contributed by atoms with Gasteiger partial charge in [-0.25, -0.2) is 0 Å². The van der Waals surface area contributed by atoms with Crippen LogP contribution in [0.15, 0.2) is 45.6 Å². The lowest BCUT2D eigenvalue weighted by Gasteiger charge is -2.41. The van der Waals surface area contributed by atoms with Crippen molar-refractivity contribution in [3.63, 3.8) is 0 Å². The maximum atomic E-state index is 12.3. The van der Waals surface area contributed by atoms with Crippen molar-refractivity contribution in [3.05, 3.63) is 63.5 Å². The summed E-state index contributed by atoms with van der Waals surface area (Å²) in [5, 5.41) is 40.8. The predicted octanol–water partition coefficient (Wildman–Crippen LogP) is 1.23. The molecule has 8 nitrogen and oxygen atoms in total. The number of aliphatic hydroxyl groups is 3. The summed E-state index contributed by atoms with van der Waals surface area (Å²) in [5.74, 6) is -0.0563. The SMILES string of the molecule is Nc1ccc(CCC2(CO)Oc3cc4oc(CO)cc(=O)c4c(O)c3CC2O)cc1. The molecule has 1 aliphatic rings. The molecule has 0 bridgehead atoms. The van der Waals surface area contributed by atoms with Gasteiger partial charge in [0.25, 0.3) is 0 Å². The van der Waals surface area contributed by atoms with Gasteiger partial charge in [0, 0.05) is 29.8 Å². The van der Waals surface area contributed by atoms with E-state index in [1.807, 2.05) is 12.1 Å². The van der Waals surface area contributed by atoms with E-state index in [9.17, 15) is 25.2 Å². The van der Waals surface area contributed by atoms with Crippen LogP contribution in [0.25, 0.3) is 11.0 Å². The Morgan fingerprint density at radius 3 is 2.57 bits per heavy atom. The number of phenols is 1. The van der Waals surface area contributed by atoms with Gasteiger partial charge in [-0.1, -0.05) is 12.1 Å². The van der Waals surface area contributed by atoms with Gasteiger partial charge < -0.3 is 35.3 Å². The van der Waals surface area contributed by atoms with Crippen molar-refractivity contribution in [2.45, 2.75) is 37.6 Å². The van der Waals surface area contributed by atoms with Crippen LogP contribution in [0, 0.1) is 0 Å². The molecule has 0 aliphatic carbocycles. The van der Waals surface area contributed by atoms with Gasteiger partial charge in [0.15, 0.2) is 11.0 Å². The molecule has 0 fully saturated rings. The topological polar surface area (TPSA) is 146 Å². The number of benzene rings is 2. The molecule has 2 aromatic carbocycles. The molecule has 0 radical (unpaired) electrons. The number of hydrogen-bond acceptors (Lipinski definition) is 8. The summed E-state index contributed by atoms with van der Waals surface area (Å²) in [6.07, 6.45) is -0.263. The molecular weight excluding hydrogens is 390 g/mol. The van der Waals surface area contributed by atoms with Crippen molar-refractivity contribution < 1.29 is 29.6 Å². The van der Waals surface area contributed by atoms with Gasteiger partial charge in [0.05, 0.1) is 6.61 Å². The minimum Gasteiger partial charge on any atom is -0.507 e. The minimum absolute atomic E-state index is 0.000591. The van der Waals surface area contributed by atoms with Crippen molar-refractivity contribution >= 4 is 16.7 Å². The molecule has 158 valence electrons. The van der Waals surface area contributed by atoms with Crippen molar-refractivity contribution in [2.24, 2.45) is 0 Å². The number of phenolic OH excluding ortho intramolecular Hbond substituents is 1. The molecule has 30 heavy (non-hydrogen) atoms. The van der Waals surface area contributed by atoms with E-state index in [2.05, 4.69) is 0 Å². The molecule has 8 heteroatoms. The van der Waals surface area contributed by atoms with Crippen molar-refractivity contribution in [2.75, 3.05) is 12.3 Å². The number of ether oxygens (including phenoxy) is 1. The molecule has 3 aromatic rings. The monoisotopic (exact) mass is 413 g/mol. The molecule has 0 saturated carbocycles. The van der Waals surface area contributed by atoms with Crippen LogP contribution in [0.3, 0.4) is 0 Å². The Morgan fingerprint density at radius 2 is 1.90 bits per heavy atom. The second-order valence-corrected chi connectivity index (χ2v) is 7.60. The molecule has 2 unspecified atom stereocenters. The standard InChI is InChI=1S/C22H23NO7/c23-13-3-1-12(2-4-13)5-6-22(11-25)19(27)8-15-17(30-22)9-18-20(21(15)28)16(26)7-14(10-24)29-18/h1-4,7,9,19,24-25,27-28H,5-6,8,10-11,23H2. The number of nitrogens with two attached hydrogens (primary N) is 1. The molecule has 0 spiro atoms. The first-order valence-electron chi connectivity index (χ1n) is 9.61. The van der Waals surface area contributed by atoms with Crippen molar-refractivity contribution in [1.82, 2.24) is 0 Å². The van der Waals surface area contributed by atoms with E-state index in [0.29, 0.717) is 18.5 Å². The fourth-order valence-corrected chi connectivity index (χ4v) is 3.88. The van der Waals surface area contributed by atoms with E-state index < -0.39 is 30.3 Å². The highest BCUT2D eigenvalue weighted by molar-refractivity contribution is 5.87. The lowest BCUT2D eigenvalue weighted by atomic mass is 9.83. The van der Waals surface area contributed by atoms with Crippen molar-refractivity contribution in [1.29, 1.82) is 0 Å². The number of fused-ring (bicyclic) bond motifs is 2. The molecule has 2 atom stereocenters. The van der Waals surface area contributed by atoms with Crippen LogP contribution in [0.4, 0.5) is 5.69 Å². The fraction of sp³-hybridized carbons (Fsp3) is 0.318. The average Bonchev–Trinajstić information content (AvgIpc) is 2.73. The van der Waals surface area contributed by atoms with E-state index in [1.54, 1.807) is 12.1 Å².